The van der Waals surface area contributed by atoms with E-state index in [2.05, 4.69) is 30.7 Å². The van der Waals surface area contributed by atoms with Crippen LogP contribution in [0.4, 0.5) is 0 Å². The number of Topliss-reactive ketones (excluding diaryl/α,β-unsaturated/α-hetero) is 1. The number of benzene rings is 1. The number of nitrogens with zero attached hydrogens (tertiary/aromatic N) is 1. The highest BCUT2D eigenvalue weighted by Gasteiger charge is 2.10. The molecule has 0 radical (unpaired) electrons. The maximum Gasteiger partial charge on any atom is 0.172 e. The topological polar surface area (TPSA) is 45.8 Å². The fourth-order valence-electron chi connectivity index (χ4n) is 1.87. The summed E-state index contributed by atoms with van der Waals surface area (Å²) in [6.45, 7) is 6.33. The number of carbonyl (C=O) groups is 1. The Morgan fingerprint density at radius 1 is 1.42 bits per heavy atom. The van der Waals surface area contributed by atoms with Gasteiger partial charge in [0.05, 0.1) is 16.8 Å². The molecular weight excluding hydrogens is 256 g/mol. The zero-order chi connectivity index (χ0) is 13.8. The first-order valence-corrected chi connectivity index (χ1v) is 7.88. The number of aromatic nitrogens is 2. The molecule has 0 amide bonds. The zero-order valence-electron chi connectivity index (χ0n) is 11.7. The molecule has 1 N–H and O–H groups in total. The second-order valence-corrected chi connectivity index (χ2v) is 6.09. The normalized spacial score (nSPS) is 11.4. The predicted molar refractivity (Wildman–Crippen MR) is 82.1 cm³/mol. The van der Waals surface area contributed by atoms with Gasteiger partial charge in [0.25, 0.3) is 0 Å². The van der Waals surface area contributed by atoms with Crippen molar-refractivity contribution in [2.75, 3.05) is 11.5 Å². The number of hydrogen-bond donors (Lipinski definition) is 1. The van der Waals surface area contributed by atoms with Crippen molar-refractivity contribution in [3.05, 3.63) is 29.6 Å². The van der Waals surface area contributed by atoms with Crippen molar-refractivity contribution in [3.8, 4) is 0 Å². The molecule has 1 heterocycles. The molecule has 0 atom stereocenters. The van der Waals surface area contributed by atoms with Gasteiger partial charge in [-0.15, -0.1) is 0 Å². The molecule has 0 aliphatic heterocycles. The average molecular weight is 276 g/mol. The van der Waals surface area contributed by atoms with Gasteiger partial charge in [0.15, 0.2) is 5.78 Å². The Bertz CT molecular complexity index is 575. The molecule has 2 aromatic rings. The van der Waals surface area contributed by atoms with E-state index in [0.717, 1.165) is 34.6 Å². The summed E-state index contributed by atoms with van der Waals surface area (Å²) < 4.78 is 0. The number of aromatic amines is 1. The predicted octanol–water partition coefficient (Wildman–Crippen LogP) is 4.01. The first kappa shape index (κ1) is 14.1. The van der Waals surface area contributed by atoms with E-state index in [1.165, 1.54) is 0 Å². The van der Waals surface area contributed by atoms with Gasteiger partial charge in [0.2, 0.25) is 0 Å². The van der Waals surface area contributed by atoms with E-state index in [1.807, 2.05) is 18.2 Å². The van der Waals surface area contributed by atoms with E-state index in [1.54, 1.807) is 11.8 Å². The summed E-state index contributed by atoms with van der Waals surface area (Å²) in [6.07, 6.45) is 1.11. The zero-order valence-corrected chi connectivity index (χ0v) is 12.5. The van der Waals surface area contributed by atoms with Crippen LogP contribution >= 0.6 is 11.8 Å². The number of ketones is 1. The lowest BCUT2D eigenvalue weighted by Crippen LogP contribution is -2.02. The van der Waals surface area contributed by atoms with Crippen molar-refractivity contribution in [1.82, 2.24) is 9.97 Å². The minimum atomic E-state index is 0.195. The lowest BCUT2D eigenvalue weighted by atomic mass is 10.1. The van der Waals surface area contributed by atoms with Crippen LogP contribution in [0.2, 0.25) is 0 Å². The Labute approximate surface area is 118 Å². The summed E-state index contributed by atoms with van der Waals surface area (Å²) in [5.41, 5.74) is 2.66. The Kier molecular flexibility index (Phi) is 4.64. The molecule has 0 spiro atoms. The van der Waals surface area contributed by atoms with Crippen LogP contribution in [0.3, 0.4) is 0 Å². The van der Waals surface area contributed by atoms with Crippen molar-refractivity contribution < 1.29 is 4.79 Å². The van der Waals surface area contributed by atoms with Crippen LogP contribution in [-0.2, 0) is 0 Å². The van der Waals surface area contributed by atoms with Gasteiger partial charge < -0.3 is 4.98 Å². The minimum absolute atomic E-state index is 0.195. The SMILES string of the molecule is CCCSCC(=O)c1ccc2nc(C(C)C)[nH]c2c1. The molecule has 0 aliphatic carbocycles. The number of carbonyl (C=O) groups excluding carboxylic acids is 1. The number of rotatable bonds is 6. The molecule has 0 aliphatic rings. The van der Waals surface area contributed by atoms with E-state index < -0.39 is 0 Å². The third kappa shape index (κ3) is 3.38. The van der Waals surface area contributed by atoms with Crippen LogP contribution < -0.4 is 0 Å². The molecular formula is C15H20N2OS. The molecule has 0 bridgehead atoms. The molecule has 102 valence electrons. The molecule has 2 rings (SSSR count). The third-order valence-corrected chi connectivity index (χ3v) is 4.11. The van der Waals surface area contributed by atoms with Crippen LogP contribution in [0.25, 0.3) is 11.0 Å². The number of fused-ring (bicyclic) bond motifs is 1. The van der Waals surface area contributed by atoms with Gasteiger partial charge in [-0.1, -0.05) is 20.8 Å². The van der Waals surface area contributed by atoms with E-state index >= 15 is 0 Å². The summed E-state index contributed by atoms with van der Waals surface area (Å²) in [4.78, 5) is 19.9. The monoisotopic (exact) mass is 276 g/mol. The van der Waals surface area contributed by atoms with Gasteiger partial charge in [-0.05, 0) is 30.4 Å². The van der Waals surface area contributed by atoms with Crippen molar-refractivity contribution in [2.24, 2.45) is 0 Å². The highest BCUT2D eigenvalue weighted by molar-refractivity contribution is 7.99. The highest BCUT2D eigenvalue weighted by atomic mass is 32.2. The molecule has 3 nitrogen and oxygen atoms in total. The summed E-state index contributed by atoms with van der Waals surface area (Å²) in [5.74, 6) is 3.13. The molecule has 4 heteroatoms. The molecule has 1 aromatic heterocycles. The third-order valence-electron chi connectivity index (χ3n) is 2.95. The summed E-state index contributed by atoms with van der Waals surface area (Å²) in [5, 5.41) is 0. The van der Waals surface area contributed by atoms with Crippen molar-refractivity contribution in [1.29, 1.82) is 0 Å². The quantitative estimate of drug-likeness (QED) is 0.640. The van der Waals surface area contributed by atoms with E-state index in [0.29, 0.717) is 11.7 Å². The minimum Gasteiger partial charge on any atom is -0.342 e. The van der Waals surface area contributed by atoms with Crippen LogP contribution in [0.5, 0.6) is 0 Å². The second-order valence-electron chi connectivity index (χ2n) is 4.98. The number of nitrogens with one attached hydrogen (secondary N) is 1. The van der Waals surface area contributed by atoms with E-state index in [9.17, 15) is 4.79 Å². The fourth-order valence-corrected chi connectivity index (χ4v) is 2.65. The summed E-state index contributed by atoms with van der Waals surface area (Å²) in [7, 11) is 0. The highest BCUT2D eigenvalue weighted by Crippen LogP contribution is 2.19. The molecule has 0 fully saturated rings. The van der Waals surface area contributed by atoms with Gasteiger partial charge in [-0.3, -0.25) is 4.79 Å². The number of thioether (sulfide) groups is 1. The molecule has 0 saturated heterocycles. The lowest BCUT2D eigenvalue weighted by Gasteiger charge is -2.00. The standard InChI is InChI=1S/C15H20N2OS/c1-4-7-19-9-14(18)11-5-6-12-13(8-11)17-15(16-12)10(2)3/h5-6,8,10H,4,7,9H2,1-3H3,(H,16,17). The fraction of sp³-hybridized carbons (Fsp3) is 0.467. The largest absolute Gasteiger partial charge is 0.342 e. The first-order chi connectivity index (χ1) is 9.11. The Hall–Kier alpha value is -1.29. The summed E-state index contributed by atoms with van der Waals surface area (Å²) >= 11 is 1.70. The van der Waals surface area contributed by atoms with Gasteiger partial charge in [-0.25, -0.2) is 4.98 Å². The maximum absolute atomic E-state index is 12.0. The number of hydrogen-bond acceptors (Lipinski definition) is 3. The molecule has 0 saturated carbocycles. The number of H-pyrrole nitrogens is 1. The van der Waals surface area contributed by atoms with Crippen LogP contribution in [0.15, 0.2) is 18.2 Å². The van der Waals surface area contributed by atoms with E-state index in [4.69, 9.17) is 0 Å². The van der Waals surface area contributed by atoms with Crippen LogP contribution in [0.1, 0.15) is 49.3 Å². The van der Waals surface area contributed by atoms with Crippen molar-refractivity contribution in [2.45, 2.75) is 33.1 Å². The smallest absolute Gasteiger partial charge is 0.172 e. The Morgan fingerprint density at radius 3 is 2.89 bits per heavy atom. The summed E-state index contributed by atoms with van der Waals surface area (Å²) in [6, 6.07) is 5.72. The number of imidazole rings is 1. The molecule has 1 aromatic carbocycles. The molecule has 0 unspecified atom stereocenters. The lowest BCUT2D eigenvalue weighted by molar-refractivity contribution is 0.102. The van der Waals surface area contributed by atoms with Crippen LogP contribution in [0, 0.1) is 0 Å². The Balaban J connectivity index is 2.18. The maximum atomic E-state index is 12.0. The van der Waals surface area contributed by atoms with E-state index in [-0.39, 0.29) is 5.78 Å². The van der Waals surface area contributed by atoms with Crippen molar-refractivity contribution in [3.63, 3.8) is 0 Å². The van der Waals surface area contributed by atoms with Gasteiger partial charge in [0.1, 0.15) is 5.82 Å². The second kappa shape index (κ2) is 6.24. The van der Waals surface area contributed by atoms with Crippen molar-refractivity contribution >= 4 is 28.6 Å². The Morgan fingerprint density at radius 2 is 2.21 bits per heavy atom. The van der Waals surface area contributed by atoms with Gasteiger partial charge >= 0.3 is 0 Å². The van der Waals surface area contributed by atoms with Crippen LogP contribution in [-0.4, -0.2) is 27.3 Å². The van der Waals surface area contributed by atoms with Gasteiger partial charge in [-0.2, -0.15) is 11.8 Å². The first-order valence-electron chi connectivity index (χ1n) is 6.72. The average Bonchev–Trinajstić information content (AvgIpc) is 2.81. The van der Waals surface area contributed by atoms with Gasteiger partial charge in [0, 0.05) is 11.5 Å². The molecule has 19 heavy (non-hydrogen) atoms.